The average Bonchev–Trinajstić information content (AvgIpc) is 2.33. The summed E-state index contributed by atoms with van der Waals surface area (Å²) < 4.78 is 1.33. The van der Waals surface area contributed by atoms with Crippen molar-refractivity contribution in [3.8, 4) is 11.4 Å². The molecule has 0 unspecified atom stereocenters. The fourth-order valence-corrected chi connectivity index (χ4v) is 1.48. The van der Waals surface area contributed by atoms with E-state index in [1.165, 1.54) is 10.7 Å². The number of nitrogens with zero attached hydrogens (tertiary/aromatic N) is 3. The van der Waals surface area contributed by atoms with Gasteiger partial charge in [0.25, 0.3) is 5.56 Å². The van der Waals surface area contributed by atoms with Crippen LogP contribution in [0.1, 0.15) is 0 Å². The van der Waals surface area contributed by atoms with E-state index >= 15 is 0 Å². The van der Waals surface area contributed by atoms with Crippen LogP contribution in [0.15, 0.2) is 47.9 Å². The standard InChI is InChI=1S/C12H10ClN3O/c1-2-7-16-12(17)6-5-11(15-16)10-4-3-9(13)8-14-10/h2-6,8H,1,7H2. The molecule has 2 rings (SSSR count). The highest BCUT2D eigenvalue weighted by atomic mass is 35.5. The number of allylic oxidation sites excluding steroid dienone is 1. The van der Waals surface area contributed by atoms with Gasteiger partial charge in [-0.2, -0.15) is 5.10 Å². The Labute approximate surface area is 103 Å². The van der Waals surface area contributed by atoms with Gasteiger partial charge in [-0.25, -0.2) is 4.68 Å². The first-order valence-corrected chi connectivity index (χ1v) is 5.39. The molecular weight excluding hydrogens is 238 g/mol. The maximum absolute atomic E-state index is 11.5. The third kappa shape index (κ3) is 2.60. The molecule has 0 atom stereocenters. The van der Waals surface area contributed by atoms with Gasteiger partial charge < -0.3 is 0 Å². The fourth-order valence-electron chi connectivity index (χ4n) is 1.37. The first-order valence-electron chi connectivity index (χ1n) is 5.01. The van der Waals surface area contributed by atoms with Crippen molar-refractivity contribution in [2.75, 3.05) is 0 Å². The van der Waals surface area contributed by atoms with E-state index in [4.69, 9.17) is 11.6 Å². The van der Waals surface area contributed by atoms with Crippen molar-refractivity contribution in [2.45, 2.75) is 6.54 Å². The van der Waals surface area contributed by atoms with Crippen molar-refractivity contribution in [1.29, 1.82) is 0 Å². The zero-order chi connectivity index (χ0) is 12.3. The molecule has 0 aromatic carbocycles. The van der Waals surface area contributed by atoms with Gasteiger partial charge in [-0.3, -0.25) is 9.78 Å². The lowest BCUT2D eigenvalue weighted by molar-refractivity contribution is 0.655. The lowest BCUT2D eigenvalue weighted by Gasteiger charge is -2.04. The van der Waals surface area contributed by atoms with Crippen LogP contribution in [0.5, 0.6) is 0 Å². The predicted molar refractivity (Wildman–Crippen MR) is 66.9 cm³/mol. The van der Waals surface area contributed by atoms with E-state index in [0.717, 1.165) is 0 Å². The van der Waals surface area contributed by atoms with Crippen molar-refractivity contribution in [2.24, 2.45) is 0 Å². The lowest BCUT2D eigenvalue weighted by Crippen LogP contribution is -2.21. The summed E-state index contributed by atoms with van der Waals surface area (Å²) in [6.45, 7) is 3.95. The van der Waals surface area contributed by atoms with Crippen molar-refractivity contribution in [1.82, 2.24) is 14.8 Å². The Morgan fingerprint density at radius 1 is 1.29 bits per heavy atom. The number of rotatable bonds is 3. The second kappa shape index (κ2) is 4.93. The van der Waals surface area contributed by atoms with Gasteiger partial charge in [-0.15, -0.1) is 6.58 Å². The number of hydrogen-bond donors (Lipinski definition) is 0. The van der Waals surface area contributed by atoms with E-state index in [1.807, 2.05) is 0 Å². The summed E-state index contributed by atoms with van der Waals surface area (Å²) in [5, 5.41) is 4.75. The highest BCUT2D eigenvalue weighted by Gasteiger charge is 2.03. The van der Waals surface area contributed by atoms with E-state index in [1.54, 1.807) is 30.5 Å². The van der Waals surface area contributed by atoms with Crippen LogP contribution < -0.4 is 5.56 Å². The summed E-state index contributed by atoms with van der Waals surface area (Å²) in [6, 6.07) is 6.59. The molecule has 0 bridgehead atoms. The molecule has 0 amide bonds. The molecule has 86 valence electrons. The molecule has 0 aliphatic heterocycles. The third-order valence-corrected chi connectivity index (χ3v) is 2.38. The van der Waals surface area contributed by atoms with Crippen molar-refractivity contribution >= 4 is 11.6 Å². The normalized spacial score (nSPS) is 10.2. The smallest absolute Gasteiger partial charge is 0.267 e. The zero-order valence-electron chi connectivity index (χ0n) is 9.01. The van der Waals surface area contributed by atoms with Crippen LogP contribution in [-0.2, 0) is 6.54 Å². The molecule has 0 saturated heterocycles. The van der Waals surface area contributed by atoms with Gasteiger partial charge in [0, 0.05) is 12.3 Å². The fraction of sp³-hybridized carbons (Fsp3) is 0.0833. The second-order valence-corrected chi connectivity index (χ2v) is 3.83. The molecule has 2 aromatic heterocycles. The molecule has 0 saturated carbocycles. The summed E-state index contributed by atoms with van der Waals surface area (Å²) in [6.07, 6.45) is 3.16. The molecule has 17 heavy (non-hydrogen) atoms. The Morgan fingerprint density at radius 2 is 2.06 bits per heavy atom. The van der Waals surface area contributed by atoms with E-state index in [0.29, 0.717) is 23.0 Å². The molecule has 0 radical (unpaired) electrons. The van der Waals surface area contributed by atoms with Crippen LogP contribution in [0.25, 0.3) is 11.4 Å². The summed E-state index contributed by atoms with van der Waals surface area (Å²) in [4.78, 5) is 15.6. The molecule has 0 aliphatic carbocycles. The van der Waals surface area contributed by atoms with Gasteiger partial charge in [0.05, 0.1) is 17.3 Å². The SMILES string of the molecule is C=CCn1nc(-c2ccc(Cl)cn2)ccc1=O. The van der Waals surface area contributed by atoms with Gasteiger partial charge in [0.2, 0.25) is 0 Å². The van der Waals surface area contributed by atoms with Crippen LogP contribution in [0.3, 0.4) is 0 Å². The minimum atomic E-state index is -0.164. The predicted octanol–water partition coefficient (Wildman–Crippen LogP) is 2.14. The monoisotopic (exact) mass is 247 g/mol. The van der Waals surface area contributed by atoms with Crippen molar-refractivity contribution in [3.63, 3.8) is 0 Å². The van der Waals surface area contributed by atoms with E-state index < -0.39 is 0 Å². The minimum Gasteiger partial charge on any atom is -0.268 e. The van der Waals surface area contributed by atoms with Crippen molar-refractivity contribution < 1.29 is 0 Å². The van der Waals surface area contributed by atoms with E-state index in [9.17, 15) is 4.79 Å². The Kier molecular flexibility index (Phi) is 3.35. The first kappa shape index (κ1) is 11.5. The van der Waals surface area contributed by atoms with E-state index in [-0.39, 0.29) is 5.56 Å². The van der Waals surface area contributed by atoms with Crippen LogP contribution in [0.4, 0.5) is 0 Å². The number of halogens is 1. The molecule has 2 heterocycles. The minimum absolute atomic E-state index is 0.164. The molecule has 5 heteroatoms. The Morgan fingerprint density at radius 3 is 2.71 bits per heavy atom. The van der Waals surface area contributed by atoms with Crippen molar-refractivity contribution in [3.05, 3.63) is 58.5 Å². The summed E-state index contributed by atoms with van der Waals surface area (Å²) in [5.41, 5.74) is 1.14. The van der Waals surface area contributed by atoms with Gasteiger partial charge in [0.1, 0.15) is 5.69 Å². The van der Waals surface area contributed by atoms with E-state index in [2.05, 4.69) is 16.7 Å². The number of hydrogen-bond acceptors (Lipinski definition) is 3. The van der Waals surface area contributed by atoms with Gasteiger partial charge >= 0.3 is 0 Å². The molecular formula is C12H10ClN3O. The Balaban J connectivity index is 2.45. The molecule has 2 aromatic rings. The summed E-state index contributed by atoms with van der Waals surface area (Å²) in [7, 11) is 0. The largest absolute Gasteiger partial charge is 0.268 e. The number of aromatic nitrogens is 3. The quantitative estimate of drug-likeness (QED) is 0.781. The maximum Gasteiger partial charge on any atom is 0.267 e. The highest BCUT2D eigenvalue weighted by Crippen LogP contribution is 2.14. The molecule has 0 N–H and O–H groups in total. The second-order valence-electron chi connectivity index (χ2n) is 3.39. The average molecular weight is 248 g/mol. The molecule has 0 fully saturated rings. The van der Waals surface area contributed by atoms with Crippen LogP contribution >= 0.6 is 11.6 Å². The Bertz CT molecular complexity index is 589. The molecule has 4 nitrogen and oxygen atoms in total. The first-order chi connectivity index (χ1) is 8.20. The van der Waals surface area contributed by atoms with Crippen LogP contribution in [-0.4, -0.2) is 14.8 Å². The molecule has 0 spiro atoms. The molecule has 0 aliphatic rings. The topological polar surface area (TPSA) is 47.8 Å². The van der Waals surface area contributed by atoms with Gasteiger partial charge in [0.15, 0.2) is 0 Å². The summed E-state index contributed by atoms with van der Waals surface area (Å²) in [5.74, 6) is 0. The van der Waals surface area contributed by atoms with Gasteiger partial charge in [-0.05, 0) is 18.2 Å². The third-order valence-electron chi connectivity index (χ3n) is 2.16. The van der Waals surface area contributed by atoms with Crippen LogP contribution in [0.2, 0.25) is 5.02 Å². The summed E-state index contributed by atoms with van der Waals surface area (Å²) >= 11 is 5.75. The van der Waals surface area contributed by atoms with Gasteiger partial charge in [-0.1, -0.05) is 17.7 Å². The maximum atomic E-state index is 11.5. The van der Waals surface area contributed by atoms with Crippen LogP contribution in [0, 0.1) is 0 Å². The highest BCUT2D eigenvalue weighted by molar-refractivity contribution is 6.30. The number of pyridine rings is 1. The lowest BCUT2D eigenvalue weighted by atomic mass is 10.2. The Hall–Kier alpha value is -1.94. The zero-order valence-corrected chi connectivity index (χ0v) is 9.76.